The molecule has 160 valence electrons. The van der Waals surface area contributed by atoms with Gasteiger partial charge in [0.05, 0.1) is 5.60 Å². The molecule has 5 aliphatic carbocycles. The average molecular weight is 401 g/mol. The highest BCUT2D eigenvalue weighted by Crippen LogP contribution is 2.78. The van der Waals surface area contributed by atoms with Crippen LogP contribution in [-0.4, -0.2) is 28.1 Å². The highest BCUT2D eigenvalue weighted by molar-refractivity contribution is 5.81. The summed E-state index contributed by atoms with van der Waals surface area (Å²) in [6.07, 6.45) is 6.58. The second-order valence-electron chi connectivity index (χ2n) is 12.2. The first-order valence-electron chi connectivity index (χ1n) is 12.0. The first-order chi connectivity index (χ1) is 13.6. The molecular formula is C25H36O4. The summed E-state index contributed by atoms with van der Waals surface area (Å²) in [7, 11) is 0. The maximum Gasteiger partial charge on any atom is 0.306 e. The minimum absolute atomic E-state index is 0.00637. The van der Waals surface area contributed by atoms with E-state index in [0.717, 1.165) is 32.1 Å². The number of rotatable bonds is 0. The van der Waals surface area contributed by atoms with E-state index < -0.39 is 5.60 Å². The predicted molar refractivity (Wildman–Crippen MR) is 108 cm³/mol. The molecule has 6 rings (SSSR count). The van der Waals surface area contributed by atoms with E-state index in [1.807, 2.05) is 0 Å². The zero-order valence-electron chi connectivity index (χ0n) is 18.4. The number of aliphatic hydroxyl groups is 1. The van der Waals surface area contributed by atoms with Crippen LogP contribution in [0, 0.1) is 52.3 Å². The lowest BCUT2D eigenvalue weighted by Crippen LogP contribution is -2.65. The van der Waals surface area contributed by atoms with Gasteiger partial charge in [0.1, 0.15) is 11.4 Å². The quantitative estimate of drug-likeness (QED) is 0.621. The van der Waals surface area contributed by atoms with Crippen molar-refractivity contribution in [2.45, 2.75) is 90.3 Å². The van der Waals surface area contributed by atoms with Crippen molar-refractivity contribution in [3.63, 3.8) is 0 Å². The Morgan fingerprint density at radius 2 is 1.76 bits per heavy atom. The molecule has 29 heavy (non-hydrogen) atoms. The van der Waals surface area contributed by atoms with Gasteiger partial charge in [-0.1, -0.05) is 27.7 Å². The summed E-state index contributed by atoms with van der Waals surface area (Å²) >= 11 is 0. The average Bonchev–Trinajstić information content (AvgIpc) is 3.35. The van der Waals surface area contributed by atoms with Crippen molar-refractivity contribution in [2.24, 2.45) is 52.3 Å². The van der Waals surface area contributed by atoms with Gasteiger partial charge < -0.3 is 9.84 Å². The molecule has 1 spiro atoms. The van der Waals surface area contributed by atoms with E-state index in [0.29, 0.717) is 60.7 Å². The van der Waals surface area contributed by atoms with E-state index in [1.165, 1.54) is 0 Å². The fourth-order valence-corrected chi connectivity index (χ4v) is 10.3. The number of carbonyl (C=O) groups excluding carboxylic acids is 2. The van der Waals surface area contributed by atoms with Crippen molar-refractivity contribution in [3.8, 4) is 0 Å². The van der Waals surface area contributed by atoms with E-state index in [9.17, 15) is 14.7 Å². The van der Waals surface area contributed by atoms with Gasteiger partial charge in [0.25, 0.3) is 0 Å². The molecule has 6 aliphatic rings. The molecule has 3 unspecified atom stereocenters. The predicted octanol–water partition coefficient (Wildman–Crippen LogP) is 4.14. The molecule has 4 heteroatoms. The van der Waals surface area contributed by atoms with E-state index in [1.54, 1.807) is 0 Å². The third-order valence-corrected chi connectivity index (χ3v) is 11.8. The molecule has 5 saturated carbocycles. The van der Waals surface area contributed by atoms with E-state index in [4.69, 9.17) is 4.74 Å². The fourth-order valence-electron chi connectivity index (χ4n) is 10.3. The standard InChI is InChI=1S/C25H36O4/c1-13-14(2)25(10-7-19(27)29-25)23(4)9-6-17-20(21(13)23)16-11-18(16)24(28)12-15(26)5-8-22(17,24)3/h13-14,16-18,20-21,28H,5-12H2,1-4H3/t13-,14+,16+,17?,18-,20?,21?,22-,23+,24-,25+/m1/s1. The molecular weight excluding hydrogens is 364 g/mol. The van der Waals surface area contributed by atoms with Crippen LogP contribution in [-0.2, 0) is 14.3 Å². The van der Waals surface area contributed by atoms with Gasteiger partial charge in [0, 0.05) is 30.1 Å². The van der Waals surface area contributed by atoms with Gasteiger partial charge >= 0.3 is 5.97 Å². The van der Waals surface area contributed by atoms with Crippen molar-refractivity contribution >= 4 is 11.8 Å². The van der Waals surface area contributed by atoms with Crippen LogP contribution in [0.5, 0.6) is 0 Å². The Kier molecular flexibility index (Phi) is 3.43. The van der Waals surface area contributed by atoms with Crippen molar-refractivity contribution in [1.82, 2.24) is 0 Å². The van der Waals surface area contributed by atoms with Crippen LogP contribution in [0.2, 0.25) is 0 Å². The Hall–Kier alpha value is -0.900. The number of ether oxygens (including phenoxy) is 1. The number of Topliss-reactive ketones (excluding diaryl/α,β-unsaturated/α-hetero) is 1. The summed E-state index contributed by atoms with van der Waals surface area (Å²) in [5.74, 6) is 3.67. The van der Waals surface area contributed by atoms with Crippen molar-refractivity contribution in [3.05, 3.63) is 0 Å². The first-order valence-corrected chi connectivity index (χ1v) is 12.0. The van der Waals surface area contributed by atoms with Gasteiger partial charge in [-0.2, -0.15) is 0 Å². The Morgan fingerprint density at radius 3 is 2.45 bits per heavy atom. The third-order valence-electron chi connectivity index (χ3n) is 11.8. The van der Waals surface area contributed by atoms with Crippen LogP contribution in [0.15, 0.2) is 0 Å². The summed E-state index contributed by atoms with van der Waals surface area (Å²) < 4.78 is 6.23. The van der Waals surface area contributed by atoms with E-state index in [-0.39, 0.29) is 28.2 Å². The van der Waals surface area contributed by atoms with Gasteiger partial charge in [-0.25, -0.2) is 0 Å². The summed E-state index contributed by atoms with van der Waals surface area (Å²) in [6.45, 7) is 9.47. The molecule has 1 N–H and O–H groups in total. The molecule has 0 radical (unpaired) electrons. The monoisotopic (exact) mass is 400 g/mol. The number of hydrogen-bond donors (Lipinski definition) is 1. The molecule has 1 saturated heterocycles. The molecule has 11 atom stereocenters. The molecule has 0 bridgehead atoms. The number of fused-ring (bicyclic) bond motifs is 9. The minimum atomic E-state index is -0.785. The molecule has 0 aromatic rings. The summed E-state index contributed by atoms with van der Waals surface area (Å²) in [6, 6.07) is 0. The highest BCUT2D eigenvalue weighted by Gasteiger charge is 2.78. The SMILES string of the molecule is C[C@H]1C2C3C(CC[C@]2(C)[C@]2(CCC(=O)O2)[C@H]1C)[C@@]1(C)CCC(=O)C[C@@]1(O)[C@@H]1C[C@H]31. The fraction of sp³-hybridized carbons (Fsp3) is 0.920. The lowest BCUT2D eigenvalue weighted by atomic mass is 9.42. The number of hydrogen-bond acceptors (Lipinski definition) is 4. The van der Waals surface area contributed by atoms with Gasteiger partial charge in [0.2, 0.25) is 0 Å². The van der Waals surface area contributed by atoms with Gasteiger partial charge in [0.15, 0.2) is 0 Å². The van der Waals surface area contributed by atoms with Crippen LogP contribution in [0.25, 0.3) is 0 Å². The van der Waals surface area contributed by atoms with E-state index >= 15 is 0 Å². The Bertz CT molecular complexity index is 807. The molecule has 1 heterocycles. The van der Waals surface area contributed by atoms with Gasteiger partial charge in [-0.05, 0) is 73.5 Å². The summed E-state index contributed by atoms with van der Waals surface area (Å²) in [5.41, 5.74) is -1.17. The second-order valence-corrected chi connectivity index (χ2v) is 12.2. The summed E-state index contributed by atoms with van der Waals surface area (Å²) in [4.78, 5) is 24.6. The Labute approximate surface area is 174 Å². The number of esters is 1. The first kappa shape index (κ1) is 18.8. The van der Waals surface area contributed by atoms with Crippen LogP contribution >= 0.6 is 0 Å². The lowest BCUT2D eigenvalue weighted by molar-refractivity contribution is -0.220. The van der Waals surface area contributed by atoms with Crippen LogP contribution in [0.1, 0.15) is 79.1 Å². The van der Waals surface area contributed by atoms with Crippen LogP contribution in [0.4, 0.5) is 0 Å². The maximum atomic E-state index is 12.3. The number of ketones is 1. The second kappa shape index (κ2) is 5.29. The largest absolute Gasteiger partial charge is 0.458 e. The van der Waals surface area contributed by atoms with Gasteiger partial charge in [-0.3, -0.25) is 9.59 Å². The minimum Gasteiger partial charge on any atom is -0.458 e. The zero-order valence-corrected chi connectivity index (χ0v) is 18.4. The molecule has 0 aromatic carbocycles. The van der Waals surface area contributed by atoms with Crippen molar-refractivity contribution in [2.75, 3.05) is 0 Å². The number of carbonyl (C=O) groups is 2. The molecule has 0 amide bonds. The normalized spacial score (nSPS) is 62.9. The van der Waals surface area contributed by atoms with Crippen molar-refractivity contribution < 1.29 is 19.4 Å². The van der Waals surface area contributed by atoms with E-state index in [2.05, 4.69) is 27.7 Å². The smallest absolute Gasteiger partial charge is 0.306 e. The molecule has 4 nitrogen and oxygen atoms in total. The molecule has 6 fully saturated rings. The maximum absolute atomic E-state index is 12.3. The zero-order chi connectivity index (χ0) is 20.6. The van der Waals surface area contributed by atoms with Crippen molar-refractivity contribution in [1.29, 1.82) is 0 Å². The summed E-state index contributed by atoms with van der Waals surface area (Å²) in [5, 5.41) is 11.8. The van der Waals surface area contributed by atoms with Crippen LogP contribution in [0.3, 0.4) is 0 Å². The Balaban J connectivity index is 1.44. The lowest BCUT2D eigenvalue weighted by Gasteiger charge is -2.63. The van der Waals surface area contributed by atoms with Gasteiger partial charge in [-0.15, -0.1) is 0 Å². The Morgan fingerprint density at radius 1 is 1.00 bits per heavy atom. The highest BCUT2D eigenvalue weighted by atomic mass is 16.6. The molecule has 1 aliphatic heterocycles. The van der Waals surface area contributed by atoms with Crippen LogP contribution < -0.4 is 0 Å². The molecule has 0 aromatic heterocycles. The third kappa shape index (κ3) is 1.89. The topological polar surface area (TPSA) is 63.6 Å².